The number of benzene rings is 2. The maximum absolute atomic E-state index is 13.1. The molecule has 0 aromatic heterocycles. The van der Waals surface area contributed by atoms with E-state index in [1.165, 1.54) is 11.1 Å². The van der Waals surface area contributed by atoms with Gasteiger partial charge in [-0.3, -0.25) is 4.90 Å². The lowest BCUT2D eigenvalue weighted by Crippen LogP contribution is -2.46. The van der Waals surface area contributed by atoms with E-state index in [9.17, 15) is 13.9 Å². The molecule has 2 aromatic rings. The van der Waals surface area contributed by atoms with Gasteiger partial charge in [-0.2, -0.15) is 0 Å². The number of halogens is 2. The minimum atomic E-state index is -2.66. The zero-order valence-corrected chi connectivity index (χ0v) is 14.3. The van der Waals surface area contributed by atoms with Crippen LogP contribution in [0.3, 0.4) is 0 Å². The van der Waals surface area contributed by atoms with Crippen molar-refractivity contribution in [3.8, 4) is 0 Å². The molecule has 1 saturated carbocycles. The highest BCUT2D eigenvalue weighted by Crippen LogP contribution is 2.36. The van der Waals surface area contributed by atoms with Gasteiger partial charge < -0.3 is 5.11 Å². The lowest BCUT2D eigenvalue weighted by Gasteiger charge is -2.40. The van der Waals surface area contributed by atoms with Crippen LogP contribution in [0.25, 0.3) is 0 Å². The first-order valence-corrected chi connectivity index (χ1v) is 8.89. The van der Waals surface area contributed by atoms with Crippen LogP contribution in [0.4, 0.5) is 8.78 Å². The number of hydrogen-bond donors (Lipinski definition) is 1. The first-order valence-electron chi connectivity index (χ1n) is 8.89. The Morgan fingerprint density at radius 1 is 0.880 bits per heavy atom. The normalized spacial score (nSPS) is 24.0. The minimum absolute atomic E-state index is 0.162. The van der Waals surface area contributed by atoms with Gasteiger partial charge in [-0.15, -0.1) is 0 Å². The summed E-state index contributed by atoms with van der Waals surface area (Å²) in [4.78, 5) is 2.36. The molecule has 1 fully saturated rings. The third-order valence-corrected chi connectivity index (χ3v) is 5.20. The van der Waals surface area contributed by atoms with E-state index in [2.05, 4.69) is 29.2 Å². The summed E-state index contributed by atoms with van der Waals surface area (Å²) in [6.45, 7) is 1.57. The van der Waals surface area contributed by atoms with E-state index in [4.69, 9.17) is 0 Å². The van der Waals surface area contributed by atoms with Crippen LogP contribution < -0.4 is 0 Å². The fraction of sp³-hybridized carbons (Fsp3) is 0.429. The van der Waals surface area contributed by atoms with Gasteiger partial charge in [0.1, 0.15) is 5.60 Å². The molecule has 134 valence electrons. The van der Waals surface area contributed by atoms with E-state index in [-0.39, 0.29) is 18.9 Å². The van der Waals surface area contributed by atoms with Crippen molar-refractivity contribution < 1.29 is 13.9 Å². The summed E-state index contributed by atoms with van der Waals surface area (Å²) in [7, 11) is 0. The average molecular weight is 345 g/mol. The number of hydrogen-bond acceptors (Lipinski definition) is 2. The molecule has 0 spiro atoms. The Balaban J connectivity index is 1.72. The minimum Gasteiger partial charge on any atom is -0.384 e. The molecule has 0 aliphatic heterocycles. The first kappa shape index (κ1) is 18.0. The van der Waals surface area contributed by atoms with Crippen LogP contribution in [0.2, 0.25) is 0 Å². The summed E-state index contributed by atoms with van der Waals surface area (Å²) in [6.07, 6.45) is -1.14. The van der Waals surface area contributed by atoms with Gasteiger partial charge >= 0.3 is 0 Å². The second-order valence-electron chi connectivity index (χ2n) is 7.01. The van der Waals surface area contributed by atoms with Crippen molar-refractivity contribution in [2.75, 3.05) is 0 Å². The second kappa shape index (κ2) is 8.07. The van der Waals surface area contributed by atoms with E-state index in [1.807, 2.05) is 36.4 Å². The molecule has 0 heterocycles. The lowest BCUT2D eigenvalue weighted by atomic mass is 9.81. The van der Waals surface area contributed by atoms with Crippen LogP contribution in [-0.4, -0.2) is 28.1 Å². The molecule has 25 heavy (non-hydrogen) atoms. The molecular formula is C21H25F2NO. The Bertz CT molecular complexity index is 598. The molecule has 0 radical (unpaired) electrons. The van der Waals surface area contributed by atoms with Crippen LogP contribution in [0.5, 0.6) is 0 Å². The van der Waals surface area contributed by atoms with Gasteiger partial charge in [-0.25, -0.2) is 8.78 Å². The number of alkyl halides is 2. The van der Waals surface area contributed by atoms with Crippen molar-refractivity contribution in [2.45, 2.75) is 56.8 Å². The molecule has 3 rings (SSSR count). The third kappa shape index (κ3) is 4.65. The number of nitrogens with zero attached hydrogens (tertiary/aromatic N) is 1. The van der Waals surface area contributed by atoms with Gasteiger partial charge in [0, 0.05) is 19.1 Å². The van der Waals surface area contributed by atoms with Crippen LogP contribution in [0.1, 0.15) is 36.8 Å². The fourth-order valence-corrected chi connectivity index (χ4v) is 3.64. The Hall–Kier alpha value is -1.78. The largest absolute Gasteiger partial charge is 0.384 e. The van der Waals surface area contributed by atoms with Gasteiger partial charge in [0.2, 0.25) is 0 Å². The van der Waals surface area contributed by atoms with E-state index in [0.717, 1.165) is 13.1 Å². The summed E-state index contributed by atoms with van der Waals surface area (Å²) in [5.41, 5.74) is 0.628. The van der Waals surface area contributed by atoms with Crippen LogP contribution in [0, 0.1) is 0 Å². The molecular weight excluding hydrogens is 320 g/mol. The monoisotopic (exact) mass is 345 g/mol. The molecule has 0 atom stereocenters. The molecule has 0 saturated heterocycles. The first-order chi connectivity index (χ1) is 12.1. The second-order valence-corrected chi connectivity index (χ2v) is 7.01. The Morgan fingerprint density at radius 2 is 1.32 bits per heavy atom. The topological polar surface area (TPSA) is 23.5 Å². The van der Waals surface area contributed by atoms with Crippen LogP contribution in [0.15, 0.2) is 60.7 Å². The highest BCUT2D eigenvalue weighted by Gasteiger charge is 2.42. The van der Waals surface area contributed by atoms with Crippen molar-refractivity contribution in [3.63, 3.8) is 0 Å². The SMILES string of the molecule is O[C@]1(C(F)F)CC[C@H](N(Cc2ccccc2)Cc2ccccc2)CC1. The molecule has 1 aliphatic carbocycles. The Morgan fingerprint density at radius 3 is 1.72 bits per heavy atom. The van der Waals surface area contributed by atoms with E-state index in [1.54, 1.807) is 0 Å². The zero-order chi connectivity index (χ0) is 17.7. The number of rotatable bonds is 6. The Labute approximate surface area is 148 Å². The fourth-order valence-electron chi connectivity index (χ4n) is 3.64. The number of aliphatic hydroxyl groups is 1. The van der Waals surface area contributed by atoms with Crippen LogP contribution >= 0.6 is 0 Å². The van der Waals surface area contributed by atoms with Crippen molar-refractivity contribution in [1.82, 2.24) is 4.90 Å². The van der Waals surface area contributed by atoms with E-state index >= 15 is 0 Å². The van der Waals surface area contributed by atoms with Gasteiger partial charge in [0.25, 0.3) is 6.43 Å². The van der Waals surface area contributed by atoms with Gasteiger partial charge in [0.15, 0.2) is 0 Å². The average Bonchev–Trinajstić information content (AvgIpc) is 2.63. The van der Waals surface area contributed by atoms with Gasteiger partial charge in [-0.05, 0) is 36.8 Å². The molecule has 2 aromatic carbocycles. The summed E-state index contributed by atoms with van der Waals surface area (Å²) in [5, 5.41) is 10.1. The van der Waals surface area contributed by atoms with Crippen molar-refractivity contribution in [2.24, 2.45) is 0 Å². The third-order valence-electron chi connectivity index (χ3n) is 5.20. The quantitative estimate of drug-likeness (QED) is 0.825. The maximum Gasteiger partial charge on any atom is 0.266 e. The van der Waals surface area contributed by atoms with Crippen molar-refractivity contribution in [3.05, 3.63) is 71.8 Å². The lowest BCUT2D eigenvalue weighted by molar-refractivity contribution is -0.126. The smallest absolute Gasteiger partial charge is 0.266 e. The predicted octanol–water partition coefficient (Wildman–Crippen LogP) is 4.63. The molecule has 4 heteroatoms. The summed E-state index contributed by atoms with van der Waals surface area (Å²) in [6, 6.07) is 20.7. The molecule has 0 unspecified atom stereocenters. The summed E-state index contributed by atoms with van der Waals surface area (Å²) < 4.78 is 26.1. The highest BCUT2D eigenvalue weighted by molar-refractivity contribution is 5.17. The predicted molar refractivity (Wildman–Crippen MR) is 95.3 cm³/mol. The Kier molecular flexibility index (Phi) is 5.82. The highest BCUT2D eigenvalue weighted by atomic mass is 19.3. The van der Waals surface area contributed by atoms with Gasteiger partial charge in [-0.1, -0.05) is 60.7 Å². The van der Waals surface area contributed by atoms with Crippen molar-refractivity contribution in [1.29, 1.82) is 0 Å². The summed E-state index contributed by atoms with van der Waals surface area (Å²) in [5.74, 6) is 0. The van der Waals surface area contributed by atoms with E-state index < -0.39 is 12.0 Å². The van der Waals surface area contributed by atoms with E-state index in [0.29, 0.717) is 12.8 Å². The van der Waals surface area contributed by atoms with Gasteiger partial charge in [0.05, 0.1) is 0 Å². The molecule has 2 nitrogen and oxygen atoms in total. The van der Waals surface area contributed by atoms with Crippen molar-refractivity contribution >= 4 is 0 Å². The standard InChI is InChI=1S/C21H25F2NO/c22-20(23)21(25)13-11-19(12-14-21)24(15-17-7-3-1-4-8-17)16-18-9-5-2-6-10-18/h1-10,19-20,25H,11-16H2/t19-,21+. The molecule has 0 bridgehead atoms. The molecule has 0 amide bonds. The maximum atomic E-state index is 13.1. The summed E-state index contributed by atoms with van der Waals surface area (Å²) >= 11 is 0. The molecule has 1 aliphatic rings. The molecule has 1 N–H and O–H groups in total. The van der Waals surface area contributed by atoms with Crippen LogP contribution in [-0.2, 0) is 13.1 Å². The zero-order valence-electron chi connectivity index (χ0n) is 14.3.